The Hall–Kier alpha value is -2.54. The fourth-order valence-corrected chi connectivity index (χ4v) is 3.58. The number of aryl methyl sites for hydroxylation is 3. The Morgan fingerprint density at radius 3 is 2.38 bits per heavy atom. The normalized spacial score (nSPS) is 13.0. The summed E-state index contributed by atoms with van der Waals surface area (Å²) in [6.45, 7) is 6.37. The molecule has 120 valence electrons. The molecule has 0 N–H and O–H groups in total. The van der Waals surface area contributed by atoms with Crippen LogP contribution in [0.2, 0.25) is 0 Å². The van der Waals surface area contributed by atoms with Crippen molar-refractivity contribution in [3.05, 3.63) is 82.3 Å². The predicted molar refractivity (Wildman–Crippen MR) is 101 cm³/mol. The smallest absolute Gasteiger partial charge is 0.130 e. The average Bonchev–Trinajstić information content (AvgIpc) is 3.20. The van der Waals surface area contributed by atoms with Gasteiger partial charge in [-0.2, -0.15) is 0 Å². The van der Waals surface area contributed by atoms with Gasteiger partial charge in [-0.3, -0.25) is 0 Å². The van der Waals surface area contributed by atoms with Crippen LogP contribution in [0.15, 0.2) is 52.9 Å². The van der Waals surface area contributed by atoms with E-state index in [2.05, 4.69) is 62.4 Å². The summed E-state index contributed by atoms with van der Waals surface area (Å²) in [7, 11) is 0. The van der Waals surface area contributed by atoms with E-state index in [-0.39, 0.29) is 0 Å². The minimum absolute atomic E-state index is 0.950. The molecule has 1 aliphatic carbocycles. The fraction of sp³-hybridized carbons (Fsp3) is 0.217. The maximum absolute atomic E-state index is 5.85. The third-order valence-electron chi connectivity index (χ3n) is 4.90. The molecule has 0 bridgehead atoms. The van der Waals surface area contributed by atoms with Crippen molar-refractivity contribution in [3.63, 3.8) is 0 Å². The van der Waals surface area contributed by atoms with Crippen molar-refractivity contribution < 1.29 is 4.42 Å². The van der Waals surface area contributed by atoms with E-state index in [1.54, 1.807) is 0 Å². The Balaban J connectivity index is 1.87. The molecule has 2 aromatic carbocycles. The third kappa shape index (κ3) is 2.50. The zero-order valence-corrected chi connectivity index (χ0v) is 14.5. The number of hydrogen-bond acceptors (Lipinski definition) is 1. The molecule has 0 fully saturated rings. The quantitative estimate of drug-likeness (QED) is 0.559. The molecular weight excluding hydrogens is 292 g/mol. The lowest BCUT2D eigenvalue weighted by Gasteiger charge is -2.13. The number of rotatable bonds is 3. The highest BCUT2D eigenvalue weighted by Gasteiger charge is 2.21. The first kappa shape index (κ1) is 15.0. The van der Waals surface area contributed by atoms with E-state index in [9.17, 15) is 0 Å². The third-order valence-corrected chi connectivity index (χ3v) is 4.90. The summed E-state index contributed by atoms with van der Waals surface area (Å²) in [6, 6.07) is 17.6. The van der Waals surface area contributed by atoms with Gasteiger partial charge in [-0.15, -0.1) is 0 Å². The monoisotopic (exact) mass is 314 g/mol. The molecule has 3 aromatic rings. The standard InChI is InChI=1S/C23H22O/c1-4-17-10-11-19-13-20(22-12-7-16(3)24-22)14-21(19)23(17)18-8-5-15(2)6-9-18/h5-12,14H,4,13H2,1-3H3. The van der Waals surface area contributed by atoms with E-state index in [0.717, 1.165) is 24.4 Å². The summed E-state index contributed by atoms with van der Waals surface area (Å²) in [5, 5.41) is 0. The zero-order valence-electron chi connectivity index (χ0n) is 14.5. The van der Waals surface area contributed by atoms with E-state index < -0.39 is 0 Å². The van der Waals surface area contributed by atoms with Gasteiger partial charge in [0.25, 0.3) is 0 Å². The molecule has 0 atom stereocenters. The largest absolute Gasteiger partial charge is 0.462 e. The summed E-state index contributed by atoms with van der Waals surface area (Å²) in [5.74, 6) is 1.96. The van der Waals surface area contributed by atoms with Gasteiger partial charge in [-0.05, 0) is 71.9 Å². The average molecular weight is 314 g/mol. The van der Waals surface area contributed by atoms with Crippen molar-refractivity contribution in [1.82, 2.24) is 0 Å². The molecule has 0 aliphatic heterocycles. The van der Waals surface area contributed by atoms with Crippen LogP contribution in [0.25, 0.3) is 22.8 Å². The molecule has 1 aromatic heterocycles. The Morgan fingerprint density at radius 2 is 1.71 bits per heavy atom. The van der Waals surface area contributed by atoms with Crippen molar-refractivity contribution in [2.45, 2.75) is 33.6 Å². The second kappa shape index (κ2) is 5.83. The topological polar surface area (TPSA) is 13.1 Å². The second-order valence-corrected chi connectivity index (χ2v) is 6.65. The SMILES string of the molecule is CCc1ccc2c(c1-c1ccc(C)cc1)C=C(c1ccc(C)o1)C2. The predicted octanol–water partition coefficient (Wildman–Crippen LogP) is 6.22. The van der Waals surface area contributed by atoms with Gasteiger partial charge in [0.15, 0.2) is 0 Å². The lowest BCUT2D eigenvalue weighted by Crippen LogP contribution is -1.94. The molecule has 0 radical (unpaired) electrons. The Morgan fingerprint density at radius 1 is 0.917 bits per heavy atom. The van der Waals surface area contributed by atoms with Crippen LogP contribution in [-0.2, 0) is 12.8 Å². The Kier molecular flexibility index (Phi) is 3.65. The van der Waals surface area contributed by atoms with Gasteiger partial charge in [0, 0.05) is 6.42 Å². The lowest BCUT2D eigenvalue weighted by atomic mass is 9.91. The van der Waals surface area contributed by atoms with Crippen LogP contribution in [0.3, 0.4) is 0 Å². The number of fused-ring (bicyclic) bond motifs is 1. The van der Waals surface area contributed by atoms with Crippen LogP contribution in [0.4, 0.5) is 0 Å². The molecule has 0 saturated heterocycles. The number of benzene rings is 2. The van der Waals surface area contributed by atoms with Gasteiger partial charge in [0.05, 0.1) is 0 Å². The van der Waals surface area contributed by atoms with Gasteiger partial charge in [-0.1, -0.05) is 48.9 Å². The van der Waals surface area contributed by atoms with E-state index >= 15 is 0 Å². The summed E-state index contributed by atoms with van der Waals surface area (Å²) < 4.78 is 5.85. The molecular formula is C23H22O. The van der Waals surface area contributed by atoms with E-state index in [1.807, 2.05) is 13.0 Å². The highest BCUT2D eigenvalue weighted by Crippen LogP contribution is 2.40. The summed E-state index contributed by atoms with van der Waals surface area (Å²) in [5.41, 5.74) is 9.43. The highest BCUT2D eigenvalue weighted by atomic mass is 16.3. The van der Waals surface area contributed by atoms with E-state index in [4.69, 9.17) is 4.42 Å². The molecule has 1 aliphatic rings. The molecule has 0 amide bonds. The van der Waals surface area contributed by atoms with Crippen LogP contribution in [0, 0.1) is 13.8 Å². The first-order valence-corrected chi connectivity index (χ1v) is 8.65. The maximum Gasteiger partial charge on any atom is 0.130 e. The van der Waals surface area contributed by atoms with Gasteiger partial charge in [0.2, 0.25) is 0 Å². The van der Waals surface area contributed by atoms with Crippen LogP contribution in [-0.4, -0.2) is 0 Å². The van der Waals surface area contributed by atoms with Crippen LogP contribution >= 0.6 is 0 Å². The summed E-state index contributed by atoms with van der Waals surface area (Å²) in [4.78, 5) is 0. The van der Waals surface area contributed by atoms with Crippen LogP contribution in [0.1, 0.15) is 40.7 Å². The molecule has 1 heterocycles. The van der Waals surface area contributed by atoms with Crippen molar-refractivity contribution in [3.8, 4) is 11.1 Å². The van der Waals surface area contributed by atoms with Gasteiger partial charge >= 0.3 is 0 Å². The van der Waals surface area contributed by atoms with Crippen molar-refractivity contribution >= 4 is 11.6 Å². The van der Waals surface area contributed by atoms with Crippen LogP contribution in [0.5, 0.6) is 0 Å². The Bertz CT molecular complexity index is 923. The summed E-state index contributed by atoms with van der Waals surface area (Å²) >= 11 is 0. The maximum atomic E-state index is 5.85. The second-order valence-electron chi connectivity index (χ2n) is 6.65. The van der Waals surface area contributed by atoms with Gasteiger partial charge in [0.1, 0.15) is 11.5 Å². The molecule has 0 saturated carbocycles. The van der Waals surface area contributed by atoms with Crippen LogP contribution < -0.4 is 0 Å². The number of hydrogen-bond donors (Lipinski definition) is 0. The minimum atomic E-state index is 0.950. The minimum Gasteiger partial charge on any atom is -0.462 e. The van der Waals surface area contributed by atoms with E-state index in [1.165, 1.54) is 39.0 Å². The fourth-order valence-electron chi connectivity index (χ4n) is 3.58. The lowest BCUT2D eigenvalue weighted by molar-refractivity contribution is 0.521. The number of allylic oxidation sites excluding steroid dienone is 1. The molecule has 0 unspecified atom stereocenters. The zero-order chi connectivity index (χ0) is 16.7. The van der Waals surface area contributed by atoms with Gasteiger partial charge in [-0.25, -0.2) is 0 Å². The van der Waals surface area contributed by atoms with Crippen molar-refractivity contribution in [2.24, 2.45) is 0 Å². The molecule has 4 rings (SSSR count). The number of furan rings is 1. The first-order valence-electron chi connectivity index (χ1n) is 8.65. The van der Waals surface area contributed by atoms with Crippen molar-refractivity contribution in [1.29, 1.82) is 0 Å². The molecule has 1 nitrogen and oxygen atoms in total. The van der Waals surface area contributed by atoms with E-state index in [0.29, 0.717) is 0 Å². The Labute approximate surface area is 143 Å². The van der Waals surface area contributed by atoms with Gasteiger partial charge < -0.3 is 4.42 Å². The summed E-state index contributed by atoms with van der Waals surface area (Å²) in [6.07, 6.45) is 4.31. The molecule has 0 spiro atoms. The van der Waals surface area contributed by atoms with Crippen molar-refractivity contribution in [2.75, 3.05) is 0 Å². The first-order chi connectivity index (χ1) is 11.7. The molecule has 24 heavy (non-hydrogen) atoms. The molecule has 1 heteroatoms. The highest BCUT2D eigenvalue weighted by molar-refractivity contribution is 5.93.